The van der Waals surface area contributed by atoms with Crippen LogP contribution in [0.3, 0.4) is 0 Å². The maximum absolute atomic E-state index is 12.7. The molecule has 0 heterocycles. The lowest BCUT2D eigenvalue weighted by Crippen LogP contribution is -2.44. The molecule has 2 rings (SSSR count). The van der Waals surface area contributed by atoms with Gasteiger partial charge in [-0.15, -0.1) is 0 Å². The fourth-order valence-electron chi connectivity index (χ4n) is 2.99. The van der Waals surface area contributed by atoms with Gasteiger partial charge in [-0.05, 0) is 51.7 Å². The summed E-state index contributed by atoms with van der Waals surface area (Å²) in [6.45, 7) is 4.48. The van der Waals surface area contributed by atoms with Crippen LogP contribution < -0.4 is 5.73 Å². The van der Waals surface area contributed by atoms with E-state index in [1.54, 1.807) is 25.1 Å². The first kappa shape index (κ1) is 14.9. The average Bonchev–Trinajstić information content (AvgIpc) is 2.44. The number of aromatic hydroxyl groups is 1. The highest BCUT2D eigenvalue weighted by Gasteiger charge is 2.28. The third-order valence-corrected chi connectivity index (χ3v) is 4.32. The Bertz CT molecular complexity index is 479. The Morgan fingerprint density at radius 3 is 2.60 bits per heavy atom. The van der Waals surface area contributed by atoms with Gasteiger partial charge in [0, 0.05) is 29.8 Å². The Labute approximate surface area is 120 Å². The normalized spacial score (nSPS) is 22.6. The van der Waals surface area contributed by atoms with Crippen molar-refractivity contribution in [1.82, 2.24) is 4.90 Å². The van der Waals surface area contributed by atoms with Gasteiger partial charge in [-0.25, -0.2) is 0 Å². The van der Waals surface area contributed by atoms with Crippen molar-refractivity contribution < 1.29 is 9.90 Å². The van der Waals surface area contributed by atoms with Gasteiger partial charge in [-0.3, -0.25) is 4.79 Å². The third-order valence-electron chi connectivity index (χ3n) is 4.32. The molecule has 0 atom stereocenters. The van der Waals surface area contributed by atoms with E-state index in [0.29, 0.717) is 17.7 Å². The van der Waals surface area contributed by atoms with Crippen LogP contribution >= 0.6 is 0 Å². The molecule has 20 heavy (non-hydrogen) atoms. The monoisotopic (exact) mass is 276 g/mol. The van der Waals surface area contributed by atoms with Crippen LogP contribution in [0.2, 0.25) is 0 Å². The number of amides is 1. The summed E-state index contributed by atoms with van der Waals surface area (Å²) >= 11 is 0. The maximum Gasteiger partial charge on any atom is 0.254 e. The van der Waals surface area contributed by atoms with Gasteiger partial charge in [-0.1, -0.05) is 6.07 Å². The minimum absolute atomic E-state index is 0.0152. The highest BCUT2D eigenvalue weighted by Crippen LogP contribution is 2.26. The van der Waals surface area contributed by atoms with E-state index in [-0.39, 0.29) is 23.7 Å². The molecule has 1 aromatic rings. The lowest BCUT2D eigenvalue weighted by Gasteiger charge is -2.35. The SMILES string of the molecule is CCN(C(=O)c1cccc(O)c1C)C1CCC(N)CC1. The zero-order valence-electron chi connectivity index (χ0n) is 12.3. The van der Waals surface area contributed by atoms with Crippen molar-refractivity contribution in [2.75, 3.05) is 6.54 Å². The summed E-state index contributed by atoms with van der Waals surface area (Å²) in [6, 6.07) is 5.67. The number of nitrogens with two attached hydrogens (primary N) is 1. The molecule has 0 radical (unpaired) electrons. The number of hydrogen-bond donors (Lipinski definition) is 2. The zero-order chi connectivity index (χ0) is 14.7. The van der Waals surface area contributed by atoms with E-state index in [1.165, 1.54) is 0 Å². The van der Waals surface area contributed by atoms with E-state index < -0.39 is 0 Å². The Hall–Kier alpha value is -1.55. The second-order valence-electron chi connectivity index (χ2n) is 5.61. The van der Waals surface area contributed by atoms with E-state index in [1.807, 2.05) is 11.8 Å². The summed E-state index contributed by atoms with van der Waals surface area (Å²) in [4.78, 5) is 14.6. The fraction of sp³-hybridized carbons (Fsp3) is 0.562. The molecule has 0 spiro atoms. The summed E-state index contributed by atoms with van der Waals surface area (Å²) in [7, 11) is 0. The van der Waals surface area contributed by atoms with Crippen LogP contribution in [0.1, 0.15) is 48.5 Å². The molecule has 0 bridgehead atoms. The molecule has 0 aromatic heterocycles. The molecule has 3 N–H and O–H groups in total. The highest BCUT2D eigenvalue weighted by molar-refractivity contribution is 5.96. The van der Waals surface area contributed by atoms with Gasteiger partial charge < -0.3 is 15.7 Å². The minimum Gasteiger partial charge on any atom is -0.508 e. The molecular weight excluding hydrogens is 252 g/mol. The largest absolute Gasteiger partial charge is 0.508 e. The van der Waals surface area contributed by atoms with Crippen molar-refractivity contribution in [3.05, 3.63) is 29.3 Å². The molecule has 4 nitrogen and oxygen atoms in total. The predicted molar refractivity (Wildman–Crippen MR) is 79.8 cm³/mol. The topological polar surface area (TPSA) is 66.6 Å². The lowest BCUT2D eigenvalue weighted by molar-refractivity contribution is 0.0639. The summed E-state index contributed by atoms with van der Waals surface area (Å²) in [5.74, 6) is 0.193. The number of nitrogens with zero attached hydrogens (tertiary/aromatic N) is 1. The van der Waals surface area contributed by atoms with E-state index in [0.717, 1.165) is 25.7 Å². The van der Waals surface area contributed by atoms with Crippen LogP contribution in [0.4, 0.5) is 0 Å². The van der Waals surface area contributed by atoms with Crippen LogP contribution in [0.5, 0.6) is 5.75 Å². The van der Waals surface area contributed by atoms with Crippen LogP contribution in [0.25, 0.3) is 0 Å². The highest BCUT2D eigenvalue weighted by atomic mass is 16.3. The molecule has 0 aliphatic heterocycles. The number of carbonyl (C=O) groups is 1. The van der Waals surface area contributed by atoms with Crippen LogP contribution in [0.15, 0.2) is 18.2 Å². The molecule has 110 valence electrons. The first-order valence-electron chi connectivity index (χ1n) is 7.39. The number of rotatable bonds is 3. The third kappa shape index (κ3) is 2.96. The second-order valence-corrected chi connectivity index (χ2v) is 5.61. The molecule has 1 amide bonds. The van der Waals surface area contributed by atoms with E-state index in [2.05, 4.69) is 0 Å². The standard InChI is InChI=1S/C16H24N2O2/c1-3-18(13-9-7-12(17)8-10-13)16(20)14-5-4-6-15(19)11(14)2/h4-6,12-13,19H,3,7-10,17H2,1-2H3. The van der Waals surface area contributed by atoms with Gasteiger partial charge in [0.1, 0.15) is 5.75 Å². The van der Waals surface area contributed by atoms with Crippen molar-refractivity contribution >= 4 is 5.91 Å². The van der Waals surface area contributed by atoms with Crippen molar-refractivity contribution in [2.45, 2.75) is 51.6 Å². The van der Waals surface area contributed by atoms with E-state index in [4.69, 9.17) is 5.73 Å². The second kappa shape index (κ2) is 6.27. The summed E-state index contributed by atoms with van der Waals surface area (Å²) < 4.78 is 0. The van der Waals surface area contributed by atoms with Crippen molar-refractivity contribution in [1.29, 1.82) is 0 Å². The molecule has 1 aliphatic carbocycles. The summed E-state index contributed by atoms with van der Waals surface area (Å²) in [6.07, 6.45) is 3.90. The fourth-order valence-corrected chi connectivity index (χ4v) is 2.99. The summed E-state index contributed by atoms with van der Waals surface area (Å²) in [5.41, 5.74) is 7.19. The zero-order valence-corrected chi connectivity index (χ0v) is 12.3. The van der Waals surface area contributed by atoms with Gasteiger partial charge in [-0.2, -0.15) is 0 Å². The first-order chi connectivity index (χ1) is 9.54. The number of hydrogen-bond acceptors (Lipinski definition) is 3. The van der Waals surface area contributed by atoms with Gasteiger partial charge in [0.25, 0.3) is 5.91 Å². The van der Waals surface area contributed by atoms with Crippen molar-refractivity contribution in [3.63, 3.8) is 0 Å². The van der Waals surface area contributed by atoms with E-state index in [9.17, 15) is 9.90 Å². The quantitative estimate of drug-likeness (QED) is 0.891. The Morgan fingerprint density at radius 1 is 1.35 bits per heavy atom. The Balaban J connectivity index is 2.19. The average molecular weight is 276 g/mol. The number of phenols is 1. The molecule has 1 aromatic carbocycles. The molecule has 0 unspecified atom stereocenters. The van der Waals surface area contributed by atoms with Gasteiger partial charge in [0.15, 0.2) is 0 Å². The smallest absolute Gasteiger partial charge is 0.254 e. The van der Waals surface area contributed by atoms with Crippen LogP contribution in [0, 0.1) is 6.92 Å². The molecule has 1 saturated carbocycles. The maximum atomic E-state index is 12.7. The first-order valence-corrected chi connectivity index (χ1v) is 7.39. The lowest BCUT2D eigenvalue weighted by atomic mass is 9.90. The summed E-state index contributed by atoms with van der Waals surface area (Å²) in [5, 5.41) is 9.76. The molecular formula is C16H24N2O2. The van der Waals surface area contributed by atoms with Crippen molar-refractivity contribution in [3.8, 4) is 5.75 Å². The van der Waals surface area contributed by atoms with Gasteiger partial charge >= 0.3 is 0 Å². The molecule has 1 aliphatic rings. The van der Waals surface area contributed by atoms with Crippen molar-refractivity contribution in [2.24, 2.45) is 5.73 Å². The number of carbonyl (C=O) groups excluding carboxylic acids is 1. The Morgan fingerprint density at radius 2 is 2.00 bits per heavy atom. The number of benzene rings is 1. The molecule has 1 fully saturated rings. The molecule has 0 saturated heterocycles. The Kier molecular flexibility index (Phi) is 4.65. The van der Waals surface area contributed by atoms with Crippen LogP contribution in [-0.4, -0.2) is 34.5 Å². The predicted octanol–water partition coefficient (Wildman–Crippen LogP) is 2.43. The van der Waals surface area contributed by atoms with Gasteiger partial charge in [0.2, 0.25) is 0 Å². The minimum atomic E-state index is 0.0152. The number of phenolic OH excluding ortho intramolecular Hbond substituents is 1. The molecule has 4 heteroatoms. The van der Waals surface area contributed by atoms with E-state index >= 15 is 0 Å². The van der Waals surface area contributed by atoms with Crippen LogP contribution in [-0.2, 0) is 0 Å². The van der Waals surface area contributed by atoms with Gasteiger partial charge in [0.05, 0.1) is 0 Å².